The summed E-state index contributed by atoms with van der Waals surface area (Å²) in [6, 6.07) is 3.22. The summed E-state index contributed by atoms with van der Waals surface area (Å²) in [6.07, 6.45) is -1.09. The van der Waals surface area contributed by atoms with Crippen molar-refractivity contribution in [1.82, 2.24) is 15.4 Å². The molecular weight excluding hydrogens is 506 g/mol. The zero-order chi connectivity index (χ0) is 26.7. The van der Waals surface area contributed by atoms with Crippen LogP contribution in [0.4, 0.5) is 26.1 Å². The number of thioether (sulfide) groups is 1. The molecule has 1 aromatic heterocycles. The number of nitrogen functional groups attached to an aromatic ring is 1. The van der Waals surface area contributed by atoms with Crippen molar-refractivity contribution >= 4 is 29.1 Å². The first kappa shape index (κ1) is 27.7. The number of halogens is 2. The van der Waals surface area contributed by atoms with E-state index in [4.69, 9.17) is 15.6 Å². The molecule has 37 heavy (non-hydrogen) atoms. The van der Waals surface area contributed by atoms with Crippen LogP contribution in [0.5, 0.6) is 0 Å². The van der Waals surface area contributed by atoms with E-state index in [-0.39, 0.29) is 37.3 Å². The van der Waals surface area contributed by atoms with Gasteiger partial charge in [-0.3, -0.25) is 5.01 Å². The number of benzene rings is 1. The molecule has 6 atom stereocenters. The Labute approximate surface area is 218 Å². The van der Waals surface area contributed by atoms with Crippen LogP contribution in [-0.4, -0.2) is 81.7 Å². The van der Waals surface area contributed by atoms with E-state index in [0.29, 0.717) is 28.8 Å². The average molecular weight is 541 g/mol. The van der Waals surface area contributed by atoms with Crippen LogP contribution in [0.25, 0.3) is 0 Å². The molecule has 2 fully saturated rings. The number of aromatic nitrogens is 2. The minimum absolute atomic E-state index is 0.0173. The van der Waals surface area contributed by atoms with E-state index in [1.807, 2.05) is 6.92 Å². The number of aliphatic hydroxyl groups excluding tert-OH is 3. The van der Waals surface area contributed by atoms with Gasteiger partial charge in [0.25, 0.3) is 0 Å². The fourth-order valence-electron chi connectivity index (χ4n) is 4.65. The van der Waals surface area contributed by atoms with Crippen molar-refractivity contribution in [3.8, 4) is 0 Å². The maximum Gasteiger partial charge on any atom is 0.191 e. The van der Waals surface area contributed by atoms with Crippen LogP contribution in [0, 0.1) is 11.6 Å². The van der Waals surface area contributed by atoms with Gasteiger partial charge in [0.15, 0.2) is 28.4 Å². The topological polar surface area (TPSA) is 149 Å². The third kappa shape index (κ3) is 6.07. The number of hydrogen-bond acceptors (Lipinski definition) is 11. The summed E-state index contributed by atoms with van der Waals surface area (Å²) in [5, 5.41) is 35.8. The number of hydrogen-bond donors (Lipinski definition) is 6. The highest BCUT2D eigenvalue weighted by atomic mass is 32.2. The molecule has 4 rings (SSSR count). The standard InChI is InChI=1S/C24H34F2N6O4S/c1-3-8-37-24-30-22(29-16-10-13(16)12-4-5-14(25)15(26)9-12)19(27)23(31-24)32(28-2)17-11-18(36-7-6-33)21(35)20(17)34/h4-5,9,13,16-18,20-21,28,33-35H,3,6-8,10-11,27H2,1-2H3,(H,29,30,31). The van der Waals surface area contributed by atoms with Gasteiger partial charge in [0.2, 0.25) is 0 Å². The molecule has 2 aliphatic carbocycles. The van der Waals surface area contributed by atoms with Crippen LogP contribution < -0.4 is 21.5 Å². The van der Waals surface area contributed by atoms with Gasteiger partial charge in [-0.2, -0.15) is 0 Å². The van der Waals surface area contributed by atoms with E-state index < -0.39 is 36.0 Å². The van der Waals surface area contributed by atoms with Crippen molar-refractivity contribution < 1.29 is 28.8 Å². The Kier molecular flexibility index (Phi) is 9.03. The van der Waals surface area contributed by atoms with Crippen LogP contribution in [0.1, 0.15) is 37.7 Å². The molecule has 0 amide bonds. The molecule has 2 aliphatic rings. The first-order chi connectivity index (χ1) is 17.8. The number of anilines is 3. The predicted molar refractivity (Wildman–Crippen MR) is 137 cm³/mol. The third-order valence-corrected chi connectivity index (χ3v) is 7.70. The molecule has 0 bridgehead atoms. The lowest BCUT2D eigenvalue weighted by Crippen LogP contribution is -2.50. The normalized spacial score (nSPS) is 26.9. The van der Waals surface area contributed by atoms with Crippen molar-refractivity contribution in [3.63, 3.8) is 0 Å². The lowest BCUT2D eigenvalue weighted by atomic mass is 10.1. The number of nitrogens with zero attached hydrogens (tertiary/aromatic N) is 3. The van der Waals surface area contributed by atoms with Gasteiger partial charge in [-0.1, -0.05) is 24.8 Å². The fourth-order valence-corrected chi connectivity index (χ4v) is 5.35. The van der Waals surface area contributed by atoms with Crippen LogP contribution in [-0.2, 0) is 4.74 Å². The Morgan fingerprint density at radius 2 is 1.97 bits per heavy atom. The number of nitrogens with one attached hydrogen (secondary N) is 2. The van der Waals surface area contributed by atoms with E-state index >= 15 is 0 Å². The van der Waals surface area contributed by atoms with Gasteiger partial charge in [0.05, 0.1) is 25.4 Å². The van der Waals surface area contributed by atoms with E-state index in [2.05, 4.69) is 20.7 Å². The minimum Gasteiger partial charge on any atom is -0.394 e. The van der Waals surface area contributed by atoms with Gasteiger partial charge in [0.1, 0.15) is 17.9 Å². The second-order valence-corrected chi connectivity index (χ2v) is 10.3. The van der Waals surface area contributed by atoms with Crippen LogP contribution in [0.3, 0.4) is 0 Å². The lowest BCUT2D eigenvalue weighted by molar-refractivity contribution is -0.0617. The van der Waals surface area contributed by atoms with E-state index in [1.165, 1.54) is 17.8 Å². The zero-order valence-corrected chi connectivity index (χ0v) is 21.6. The number of aliphatic hydroxyl groups is 3. The van der Waals surface area contributed by atoms with Crippen LogP contribution in [0.15, 0.2) is 23.4 Å². The molecule has 0 aliphatic heterocycles. The molecule has 7 N–H and O–H groups in total. The summed E-state index contributed by atoms with van der Waals surface area (Å²) >= 11 is 1.46. The molecule has 1 heterocycles. The highest BCUT2D eigenvalue weighted by Gasteiger charge is 2.46. The fraction of sp³-hybridized carbons (Fsp3) is 0.583. The Hall–Kier alpha value is -2.29. The summed E-state index contributed by atoms with van der Waals surface area (Å²) in [7, 11) is 1.66. The number of ether oxygens (including phenoxy) is 1. The minimum atomic E-state index is -1.16. The summed E-state index contributed by atoms with van der Waals surface area (Å²) in [5.74, 6) is -0.260. The predicted octanol–water partition coefficient (Wildman–Crippen LogP) is 1.62. The molecule has 2 saturated carbocycles. The molecule has 0 radical (unpaired) electrons. The summed E-state index contributed by atoms with van der Waals surface area (Å²) in [4.78, 5) is 9.25. The maximum absolute atomic E-state index is 13.7. The maximum atomic E-state index is 13.7. The highest BCUT2D eigenvalue weighted by Crippen LogP contribution is 2.45. The SMILES string of the molecule is CCCSc1nc(NC2CC2c2ccc(F)c(F)c2)c(N)c(N(NC)C2CC(OCCO)C(O)C2O)n1. The molecule has 6 unspecified atom stereocenters. The van der Waals surface area contributed by atoms with Gasteiger partial charge in [-0.05, 0) is 30.5 Å². The number of hydrazine groups is 1. The first-order valence-electron chi connectivity index (χ1n) is 12.4. The van der Waals surface area contributed by atoms with E-state index in [0.717, 1.165) is 18.2 Å². The Balaban J connectivity index is 1.59. The monoisotopic (exact) mass is 540 g/mol. The molecule has 1 aromatic carbocycles. The lowest BCUT2D eigenvalue weighted by Gasteiger charge is -2.32. The second kappa shape index (κ2) is 12.0. The Morgan fingerprint density at radius 1 is 1.19 bits per heavy atom. The van der Waals surface area contributed by atoms with Crippen molar-refractivity contribution in [1.29, 1.82) is 0 Å². The largest absolute Gasteiger partial charge is 0.394 e. The van der Waals surface area contributed by atoms with Gasteiger partial charge in [0, 0.05) is 31.2 Å². The van der Waals surface area contributed by atoms with E-state index in [9.17, 15) is 19.0 Å². The van der Waals surface area contributed by atoms with Crippen molar-refractivity contribution in [2.24, 2.45) is 0 Å². The third-order valence-electron chi connectivity index (χ3n) is 6.65. The zero-order valence-electron chi connectivity index (χ0n) is 20.8. The smallest absolute Gasteiger partial charge is 0.191 e. The average Bonchev–Trinajstić information content (AvgIpc) is 3.60. The molecule has 204 valence electrons. The summed E-state index contributed by atoms with van der Waals surface area (Å²) in [6.45, 7) is 1.89. The van der Waals surface area contributed by atoms with Gasteiger partial charge < -0.3 is 31.1 Å². The molecule has 0 saturated heterocycles. The number of rotatable bonds is 12. The van der Waals surface area contributed by atoms with Gasteiger partial charge in [-0.25, -0.2) is 24.2 Å². The second-order valence-electron chi connectivity index (χ2n) is 9.22. The molecule has 0 spiro atoms. The van der Waals surface area contributed by atoms with Gasteiger partial charge >= 0.3 is 0 Å². The summed E-state index contributed by atoms with van der Waals surface area (Å²) < 4.78 is 32.6. The van der Waals surface area contributed by atoms with Crippen LogP contribution >= 0.6 is 11.8 Å². The summed E-state index contributed by atoms with van der Waals surface area (Å²) in [5.41, 5.74) is 10.5. The van der Waals surface area contributed by atoms with Crippen molar-refractivity contribution in [3.05, 3.63) is 35.4 Å². The van der Waals surface area contributed by atoms with E-state index in [1.54, 1.807) is 18.1 Å². The molecule has 13 heteroatoms. The Bertz CT molecular complexity index is 1090. The molecule has 2 aromatic rings. The quantitative estimate of drug-likeness (QED) is 0.132. The van der Waals surface area contributed by atoms with Crippen LogP contribution in [0.2, 0.25) is 0 Å². The molecular formula is C24H34F2N6O4S. The Morgan fingerprint density at radius 3 is 2.65 bits per heavy atom. The highest BCUT2D eigenvalue weighted by molar-refractivity contribution is 7.99. The molecule has 10 nitrogen and oxygen atoms in total. The first-order valence-corrected chi connectivity index (χ1v) is 13.3. The van der Waals surface area contributed by atoms with Crippen molar-refractivity contribution in [2.75, 3.05) is 42.1 Å². The number of nitrogens with two attached hydrogens (primary N) is 1. The van der Waals surface area contributed by atoms with Crippen molar-refractivity contribution in [2.45, 2.75) is 67.7 Å². The van der Waals surface area contributed by atoms with Gasteiger partial charge in [-0.15, -0.1) is 0 Å².